The van der Waals surface area contributed by atoms with Gasteiger partial charge in [0.15, 0.2) is 6.10 Å². The number of ether oxygens (including phenoxy) is 1. The van der Waals surface area contributed by atoms with Crippen molar-refractivity contribution in [2.75, 3.05) is 6.54 Å². The number of non-ortho nitro benzene ring substituents is 1. The molecule has 0 saturated carbocycles. The fourth-order valence-electron chi connectivity index (χ4n) is 3.67. The lowest BCUT2D eigenvalue weighted by atomic mass is 9.99. The van der Waals surface area contributed by atoms with Crippen LogP contribution in [0.25, 0.3) is 10.9 Å². The highest BCUT2D eigenvalue weighted by Gasteiger charge is 2.40. The molecule has 13 heteroatoms. The summed E-state index contributed by atoms with van der Waals surface area (Å²) < 4.78 is 44.9. The van der Waals surface area contributed by atoms with E-state index in [-0.39, 0.29) is 29.2 Å². The highest BCUT2D eigenvalue weighted by atomic mass is 35.5. The van der Waals surface area contributed by atoms with Crippen molar-refractivity contribution in [1.29, 1.82) is 0 Å². The summed E-state index contributed by atoms with van der Waals surface area (Å²) in [5, 5.41) is 18.0. The van der Waals surface area contributed by atoms with Gasteiger partial charge in [0.25, 0.3) is 11.6 Å². The van der Waals surface area contributed by atoms with Crippen molar-refractivity contribution < 1.29 is 32.4 Å². The Balaban J connectivity index is 1.69. The normalized spacial score (nSPS) is 16.4. The maximum Gasteiger partial charge on any atom is 0.406 e. The largest absolute Gasteiger partial charge is 0.448 e. The lowest BCUT2D eigenvalue weighted by molar-refractivity contribution is -0.384. The first kappa shape index (κ1) is 22.5. The molecule has 33 heavy (non-hydrogen) atoms. The number of nitrogens with one attached hydrogen (secondary N) is 1. The zero-order valence-electron chi connectivity index (χ0n) is 16.6. The number of aromatic amines is 1. The van der Waals surface area contributed by atoms with Gasteiger partial charge in [0, 0.05) is 30.5 Å². The molecule has 0 bridgehead atoms. The van der Waals surface area contributed by atoms with E-state index in [0.29, 0.717) is 26.9 Å². The number of fused-ring (bicyclic) bond motifs is 3. The Morgan fingerprint density at radius 3 is 2.67 bits per heavy atom. The summed E-state index contributed by atoms with van der Waals surface area (Å²) in [6.07, 6.45) is -5.05. The Labute approximate surface area is 188 Å². The number of benzene rings is 2. The fraction of sp³-hybridized carbons (Fsp3) is 0.250. The zero-order valence-corrected chi connectivity index (χ0v) is 17.3. The Bertz CT molecular complexity index is 1260. The van der Waals surface area contributed by atoms with Crippen LogP contribution in [0.2, 0.25) is 5.02 Å². The lowest BCUT2D eigenvalue weighted by Gasteiger charge is -2.25. The fourth-order valence-corrected chi connectivity index (χ4v) is 3.95. The Kier molecular flexibility index (Phi) is 5.70. The predicted octanol–water partition coefficient (Wildman–Crippen LogP) is 3.80. The number of alkyl halides is 3. The molecule has 0 radical (unpaired) electrons. The van der Waals surface area contributed by atoms with E-state index in [1.165, 1.54) is 12.3 Å². The summed E-state index contributed by atoms with van der Waals surface area (Å²) in [4.78, 5) is 36.2. The SMILES string of the molecule is O=C(O[C@@H]1Cc2cc(Cl)c3[nH]ncc3c2CN(CC(F)(F)F)C1=O)c1ccc([N+](=O)[O-])cc1. The number of nitrogens with zero attached hydrogens (tertiary/aromatic N) is 3. The predicted molar refractivity (Wildman–Crippen MR) is 109 cm³/mol. The molecule has 172 valence electrons. The number of amides is 1. The van der Waals surface area contributed by atoms with Crippen molar-refractivity contribution in [3.8, 4) is 0 Å². The summed E-state index contributed by atoms with van der Waals surface area (Å²) in [6.45, 7) is -1.93. The molecular weight excluding hydrogens is 469 g/mol. The average Bonchev–Trinajstić information content (AvgIpc) is 3.20. The number of aromatic nitrogens is 2. The van der Waals surface area contributed by atoms with Crippen LogP contribution in [0.15, 0.2) is 36.5 Å². The summed E-state index contributed by atoms with van der Waals surface area (Å²) >= 11 is 6.25. The molecule has 1 aliphatic heterocycles. The van der Waals surface area contributed by atoms with Crippen LogP contribution in [0.1, 0.15) is 21.5 Å². The van der Waals surface area contributed by atoms with Crippen LogP contribution in [0.4, 0.5) is 18.9 Å². The van der Waals surface area contributed by atoms with Gasteiger partial charge in [0.1, 0.15) is 6.54 Å². The second-order valence-corrected chi connectivity index (χ2v) is 7.77. The highest BCUT2D eigenvalue weighted by molar-refractivity contribution is 6.35. The van der Waals surface area contributed by atoms with E-state index in [2.05, 4.69) is 10.2 Å². The molecule has 1 N–H and O–H groups in total. The molecular formula is C20H14ClF3N4O5. The summed E-state index contributed by atoms with van der Waals surface area (Å²) in [6, 6.07) is 5.91. The van der Waals surface area contributed by atoms with Crippen LogP contribution in [0, 0.1) is 10.1 Å². The number of nitro groups is 1. The number of H-pyrrole nitrogens is 1. The van der Waals surface area contributed by atoms with E-state index < -0.39 is 35.6 Å². The summed E-state index contributed by atoms with van der Waals surface area (Å²) in [7, 11) is 0. The number of esters is 1. The van der Waals surface area contributed by atoms with Gasteiger partial charge in [0.05, 0.1) is 27.2 Å². The molecule has 2 aromatic carbocycles. The monoisotopic (exact) mass is 482 g/mol. The minimum Gasteiger partial charge on any atom is -0.448 e. The minimum absolute atomic E-state index is 0.0939. The molecule has 3 aromatic rings. The van der Waals surface area contributed by atoms with Crippen LogP contribution < -0.4 is 0 Å². The van der Waals surface area contributed by atoms with E-state index >= 15 is 0 Å². The zero-order chi connectivity index (χ0) is 23.9. The molecule has 1 aromatic heterocycles. The number of nitro benzene ring substituents is 1. The molecule has 9 nitrogen and oxygen atoms in total. The number of halogens is 4. The van der Waals surface area contributed by atoms with Gasteiger partial charge in [-0.05, 0) is 29.3 Å². The smallest absolute Gasteiger partial charge is 0.406 e. The molecule has 0 unspecified atom stereocenters. The van der Waals surface area contributed by atoms with Gasteiger partial charge >= 0.3 is 12.1 Å². The molecule has 1 amide bonds. The Morgan fingerprint density at radius 2 is 2.03 bits per heavy atom. The molecule has 1 atom stereocenters. The van der Waals surface area contributed by atoms with E-state index in [1.54, 1.807) is 0 Å². The van der Waals surface area contributed by atoms with E-state index in [0.717, 1.165) is 24.3 Å². The van der Waals surface area contributed by atoms with Crippen molar-refractivity contribution in [2.24, 2.45) is 0 Å². The van der Waals surface area contributed by atoms with E-state index in [9.17, 15) is 32.9 Å². The van der Waals surface area contributed by atoms with Crippen molar-refractivity contribution >= 4 is 40.1 Å². The number of hydrogen-bond acceptors (Lipinski definition) is 6. The second-order valence-electron chi connectivity index (χ2n) is 7.37. The third kappa shape index (κ3) is 4.60. The second kappa shape index (κ2) is 8.35. The van der Waals surface area contributed by atoms with Gasteiger partial charge in [-0.3, -0.25) is 20.0 Å². The van der Waals surface area contributed by atoms with E-state index in [4.69, 9.17) is 16.3 Å². The summed E-state index contributed by atoms with van der Waals surface area (Å²) in [5.41, 5.74) is 0.906. The lowest BCUT2D eigenvalue weighted by Crippen LogP contribution is -2.44. The van der Waals surface area contributed by atoms with Crippen LogP contribution >= 0.6 is 11.6 Å². The van der Waals surface area contributed by atoms with Gasteiger partial charge in [-0.15, -0.1) is 0 Å². The van der Waals surface area contributed by atoms with Crippen LogP contribution in [0.5, 0.6) is 0 Å². The minimum atomic E-state index is -4.69. The van der Waals surface area contributed by atoms with Gasteiger partial charge in [-0.25, -0.2) is 4.79 Å². The standard InChI is InChI=1S/C20H14ClF3N4O5/c21-15-5-11-6-16(33-19(30)10-1-3-12(4-2-10)28(31)32)18(29)27(9-20(22,23)24)8-14(11)13-7-25-26-17(13)15/h1-5,7,16H,6,8-9H2,(H,25,26)/t16-/m1/s1. The third-order valence-electron chi connectivity index (χ3n) is 5.17. The van der Waals surface area contributed by atoms with Crippen molar-refractivity contribution in [3.63, 3.8) is 0 Å². The summed E-state index contributed by atoms with van der Waals surface area (Å²) in [5.74, 6) is -2.03. The average molecular weight is 483 g/mol. The topological polar surface area (TPSA) is 118 Å². The third-order valence-corrected chi connectivity index (χ3v) is 5.46. The number of carbonyl (C=O) groups is 2. The van der Waals surface area contributed by atoms with Crippen molar-refractivity contribution in [1.82, 2.24) is 15.1 Å². The molecule has 0 aliphatic carbocycles. The molecule has 2 heterocycles. The number of carbonyl (C=O) groups excluding carboxylic acids is 2. The van der Waals surface area contributed by atoms with Gasteiger partial charge in [0.2, 0.25) is 0 Å². The quantitative estimate of drug-likeness (QED) is 0.343. The highest BCUT2D eigenvalue weighted by Crippen LogP contribution is 2.33. The van der Waals surface area contributed by atoms with E-state index in [1.807, 2.05) is 0 Å². The molecule has 4 rings (SSSR count). The van der Waals surface area contributed by atoms with Crippen LogP contribution in [-0.2, 0) is 22.5 Å². The number of hydrogen-bond donors (Lipinski definition) is 1. The van der Waals surface area contributed by atoms with Crippen molar-refractivity contribution in [3.05, 3.63) is 68.4 Å². The van der Waals surface area contributed by atoms with Crippen molar-refractivity contribution in [2.45, 2.75) is 25.2 Å². The molecule has 0 fully saturated rings. The first-order chi connectivity index (χ1) is 15.5. The maximum absolute atomic E-state index is 13.2. The molecule has 0 spiro atoms. The Morgan fingerprint density at radius 1 is 1.33 bits per heavy atom. The molecule has 1 aliphatic rings. The van der Waals surface area contributed by atoms with Crippen LogP contribution in [-0.4, -0.2) is 50.7 Å². The van der Waals surface area contributed by atoms with Gasteiger partial charge in [-0.2, -0.15) is 18.3 Å². The maximum atomic E-state index is 13.2. The first-order valence-electron chi connectivity index (χ1n) is 9.48. The number of rotatable bonds is 4. The molecule has 0 saturated heterocycles. The Hall–Kier alpha value is -3.67. The first-order valence-corrected chi connectivity index (χ1v) is 9.85. The van der Waals surface area contributed by atoms with Gasteiger partial charge in [-0.1, -0.05) is 11.6 Å². The van der Waals surface area contributed by atoms with Crippen LogP contribution in [0.3, 0.4) is 0 Å². The van der Waals surface area contributed by atoms with Gasteiger partial charge < -0.3 is 9.64 Å².